The summed E-state index contributed by atoms with van der Waals surface area (Å²) in [5.74, 6) is 2.31. The molecule has 0 radical (unpaired) electrons. The fraction of sp³-hybridized carbons (Fsp3) is 0.605. The number of carbonyl (C=O) groups is 3. The van der Waals surface area contributed by atoms with Gasteiger partial charge in [0, 0.05) is 22.6 Å². The van der Waals surface area contributed by atoms with Crippen molar-refractivity contribution < 1.29 is 14.4 Å². The molecule has 0 atom stereocenters. The molecule has 0 saturated carbocycles. The number of urea groups is 1. The number of thioether (sulfide) groups is 5. The summed E-state index contributed by atoms with van der Waals surface area (Å²) in [4.78, 5) is 44.0. The molecule has 11 heteroatoms. The van der Waals surface area contributed by atoms with Gasteiger partial charge < -0.3 is 0 Å². The largest absolute Gasteiger partial charge is 0.341 e. The van der Waals surface area contributed by atoms with Gasteiger partial charge in [-0.25, -0.2) is 10.2 Å². The molecule has 0 aromatic heterocycles. The van der Waals surface area contributed by atoms with Crippen LogP contribution in [0.2, 0.25) is 0 Å². The van der Waals surface area contributed by atoms with Crippen molar-refractivity contribution in [3.05, 3.63) is 67.0 Å². The number of hydrogen-bond acceptors (Lipinski definition) is 8. The zero-order valence-electron chi connectivity index (χ0n) is 32.5. The van der Waals surface area contributed by atoms with Crippen molar-refractivity contribution in [1.29, 1.82) is 0 Å². The Morgan fingerprint density at radius 1 is 0.959 bits per heavy atom. The monoisotopic (exact) mass is 767 g/mol. The molecular formula is C38H61N3O3S5. The minimum Gasteiger partial charge on any atom is -0.292 e. The Morgan fingerprint density at radius 2 is 1.53 bits per heavy atom. The predicted octanol–water partition coefficient (Wildman–Crippen LogP) is 12.4. The summed E-state index contributed by atoms with van der Waals surface area (Å²) in [5.41, 5.74) is 9.96. The molecule has 4 aliphatic rings. The van der Waals surface area contributed by atoms with E-state index in [0.717, 1.165) is 74.9 Å². The van der Waals surface area contributed by atoms with Crippen LogP contribution in [0, 0.1) is 5.41 Å². The zero-order valence-corrected chi connectivity index (χ0v) is 36.6. The van der Waals surface area contributed by atoms with Crippen LogP contribution in [0.25, 0.3) is 0 Å². The van der Waals surface area contributed by atoms with Crippen molar-refractivity contribution in [3.8, 4) is 0 Å². The van der Waals surface area contributed by atoms with Gasteiger partial charge in [0.15, 0.2) is 0 Å². The lowest BCUT2D eigenvalue weighted by Gasteiger charge is -2.46. The molecule has 276 valence electrons. The van der Waals surface area contributed by atoms with Crippen LogP contribution in [-0.2, 0) is 4.79 Å². The molecule has 0 unspecified atom stereocenters. The Balaban J connectivity index is 0.00000189. The third kappa shape index (κ3) is 9.34. The van der Waals surface area contributed by atoms with Gasteiger partial charge in [0.2, 0.25) is 0 Å². The predicted molar refractivity (Wildman–Crippen MR) is 225 cm³/mol. The maximum absolute atomic E-state index is 14.4. The van der Waals surface area contributed by atoms with E-state index in [1.165, 1.54) is 21.0 Å². The number of imide groups is 1. The molecule has 0 bridgehead atoms. The average molecular weight is 768 g/mol. The van der Waals surface area contributed by atoms with E-state index in [2.05, 4.69) is 78.9 Å². The first-order valence-corrected chi connectivity index (χ1v) is 22.6. The van der Waals surface area contributed by atoms with E-state index < -0.39 is 17.2 Å². The van der Waals surface area contributed by atoms with Crippen LogP contribution in [0.5, 0.6) is 0 Å². The van der Waals surface area contributed by atoms with Gasteiger partial charge in [-0.05, 0) is 102 Å². The van der Waals surface area contributed by atoms with Gasteiger partial charge in [-0.3, -0.25) is 14.5 Å². The van der Waals surface area contributed by atoms with Crippen LogP contribution < -0.4 is 5.43 Å². The van der Waals surface area contributed by atoms with Gasteiger partial charge in [0.05, 0.1) is 11.4 Å². The fourth-order valence-corrected chi connectivity index (χ4v) is 12.8. The Hall–Kier alpha value is -1.40. The van der Waals surface area contributed by atoms with Gasteiger partial charge in [0.1, 0.15) is 4.08 Å². The van der Waals surface area contributed by atoms with Crippen molar-refractivity contribution in [3.63, 3.8) is 0 Å². The van der Waals surface area contributed by atoms with E-state index in [4.69, 9.17) is 0 Å². The first-order chi connectivity index (χ1) is 23.4. The van der Waals surface area contributed by atoms with Crippen LogP contribution in [0.15, 0.2) is 67.0 Å². The van der Waals surface area contributed by atoms with E-state index in [1.54, 1.807) is 11.8 Å². The summed E-state index contributed by atoms with van der Waals surface area (Å²) in [6.45, 7) is 34.4. The van der Waals surface area contributed by atoms with Gasteiger partial charge in [-0.15, -0.1) is 35.3 Å². The first kappa shape index (κ1) is 45.6. The van der Waals surface area contributed by atoms with E-state index in [-0.39, 0.29) is 15.2 Å². The van der Waals surface area contributed by atoms with Crippen LogP contribution >= 0.6 is 58.8 Å². The Kier molecular flexibility index (Phi) is 19.7. The second-order valence-corrected chi connectivity index (χ2v) is 17.2. The molecule has 1 N–H and O–H groups in total. The number of rotatable bonds is 8. The first-order valence-electron chi connectivity index (χ1n) is 17.8. The number of hydrazine groups is 1. The topological polar surface area (TPSA) is 69.7 Å². The highest BCUT2D eigenvalue weighted by molar-refractivity contribution is 8.19. The van der Waals surface area contributed by atoms with Crippen molar-refractivity contribution in [2.24, 2.45) is 5.41 Å². The molecule has 0 aliphatic carbocycles. The third-order valence-corrected chi connectivity index (χ3v) is 15.0. The fourth-order valence-electron chi connectivity index (χ4n) is 6.27. The second-order valence-electron chi connectivity index (χ2n) is 11.0. The Labute approximate surface area is 319 Å². The molecule has 4 rings (SSSR count). The summed E-state index contributed by atoms with van der Waals surface area (Å²) in [6, 6.07) is -0.465. The SMILES string of the molecule is C=C1CSC=C/C1=C(\C)C1=C(C)C2=C(SC(C)=C(C)C2(SCC)SCC)C(CC)(CC)CN1C(=O)NN1C(=O)CSC1=O.CC.CC.CC. The zero-order chi connectivity index (χ0) is 37.7. The summed E-state index contributed by atoms with van der Waals surface area (Å²) in [7, 11) is 0. The lowest BCUT2D eigenvalue weighted by Crippen LogP contribution is -2.53. The van der Waals surface area contributed by atoms with Crippen LogP contribution in [0.1, 0.15) is 110 Å². The lowest BCUT2D eigenvalue weighted by molar-refractivity contribution is -0.126. The van der Waals surface area contributed by atoms with Crippen LogP contribution in [-0.4, -0.2) is 60.7 Å². The number of hydrogen-bond donors (Lipinski definition) is 1. The molecule has 1 saturated heterocycles. The number of carbonyl (C=O) groups excluding carboxylic acids is 3. The average Bonchev–Trinajstić information content (AvgIpc) is 3.37. The maximum atomic E-state index is 14.4. The highest BCUT2D eigenvalue weighted by Gasteiger charge is 2.51. The molecule has 0 aromatic carbocycles. The quantitative estimate of drug-likeness (QED) is 0.245. The molecule has 0 spiro atoms. The summed E-state index contributed by atoms with van der Waals surface area (Å²) in [5, 5.41) is 2.52. The molecule has 0 aromatic rings. The summed E-state index contributed by atoms with van der Waals surface area (Å²) in [6.07, 6.45) is 3.77. The van der Waals surface area contributed by atoms with E-state index >= 15 is 0 Å². The smallest absolute Gasteiger partial charge is 0.292 e. The van der Waals surface area contributed by atoms with Crippen LogP contribution in [0.4, 0.5) is 9.59 Å². The number of nitrogens with zero attached hydrogens (tertiary/aromatic N) is 2. The number of allylic oxidation sites excluding steroid dienone is 5. The van der Waals surface area contributed by atoms with Crippen molar-refractivity contribution in [2.75, 3.05) is 29.6 Å². The highest BCUT2D eigenvalue weighted by Crippen LogP contribution is 2.64. The van der Waals surface area contributed by atoms with Crippen molar-refractivity contribution in [2.45, 2.75) is 114 Å². The Morgan fingerprint density at radius 3 is 2.00 bits per heavy atom. The molecule has 4 aliphatic heterocycles. The number of nitrogens with one attached hydrogen (secondary N) is 1. The van der Waals surface area contributed by atoms with Crippen molar-refractivity contribution in [1.82, 2.24) is 15.3 Å². The molecule has 4 amide bonds. The van der Waals surface area contributed by atoms with Gasteiger partial charge in [-0.1, -0.05) is 99.3 Å². The standard InChI is InChI=1S/C32H43N3O3S5.3C2H6/c1-10-31(11-2)18-34(29(37)33-35-25(36)17-40-30(35)38)27(20(6)24-14-15-39-16-19(24)5)21(7)26-28(31)43-23(9)22(8)32(26,41-12-3)42-13-4;3*1-2/h14-15H,5,10-13,16-18H2,1-4,6-9H3,(H,33,37);3*1-2H3/b24-20-;;;. The Bertz CT molecular complexity index is 1370. The number of amides is 4. The van der Waals surface area contributed by atoms with E-state index in [1.807, 2.05) is 81.7 Å². The van der Waals surface area contributed by atoms with Gasteiger partial charge >= 0.3 is 11.3 Å². The van der Waals surface area contributed by atoms with Gasteiger partial charge in [-0.2, -0.15) is 5.01 Å². The van der Waals surface area contributed by atoms with Crippen LogP contribution in [0.3, 0.4) is 0 Å². The minimum absolute atomic E-state index is 0.0295. The molecule has 1 fully saturated rings. The molecule has 4 heterocycles. The maximum Gasteiger partial charge on any atom is 0.341 e. The summed E-state index contributed by atoms with van der Waals surface area (Å²) >= 11 is 8.44. The normalized spacial score (nSPS) is 20.8. The summed E-state index contributed by atoms with van der Waals surface area (Å²) < 4.78 is -0.302. The molecule has 6 nitrogen and oxygen atoms in total. The third-order valence-electron chi connectivity index (χ3n) is 8.76. The molecule has 49 heavy (non-hydrogen) atoms. The lowest BCUT2D eigenvalue weighted by atomic mass is 9.78. The molecular weight excluding hydrogens is 707 g/mol. The van der Waals surface area contributed by atoms with E-state index in [0.29, 0.717) is 6.54 Å². The second kappa shape index (κ2) is 21.2. The minimum atomic E-state index is -0.465. The van der Waals surface area contributed by atoms with Crippen molar-refractivity contribution >= 4 is 76.0 Å². The van der Waals surface area contributed by atoms with Gasteiger partial charge in [0.25, 0.3) is 5.91 Å². The highest BCUT2D eigenvalue weighted by atomic mass is 32.2. The van der Waals surface area contributed by atoms with E-state index in [9.17, 15) is 14.4 Å².